The Kier molecular flexibility index (Phi) is 4.34. The van der Waals surface area contributed by atoms with Crippen molar-refractivity contribution in [3.8, 4) is 5.69 Å². The van der Waals surface area contributed by atoms with Gasteiger partial charge >= 0.3 is 0 Å². The Morgan fingerprint density at radius 3 is 2.76 bits per heavy atom. The first-order valence-electron chi connectivity index (χ1n) is 8.19. The molecule has 0 radical (unpaired) electrons. The van der Waals surface area contributed by atoms with Gasteiger partial charge in [-0.2, -0.15) is 0 Å². The van der Waals surface area contributed by atoms with Gasteiger partial charge in [0, 0.05) is 22.8 Å². The normalized spacial score (nSPS) is 13.0. The quantitative estimate of drug-likeness (QED) is 0.717. The Balaban J connectivity index is 1.90. The summed E-state index contributed by atoms with van der Waals surface area (Å²) >= 11 is 6.29. The highest BCUT2D eigenvalue weighted by Crippen LogP contribution is 2.28. The summed E-state index contributed by atoms with van der Waals surface area (Å²) in [6, 6.07) is 15.9. The van der Waals surface area contributed by atoms with E-state index in [2.05, 4.69) is 22.3 Å². The molecule has 1 aliphatic heterocycles. The smallest absolute Gasteiger partial charge is 0.163 e. The third-order valence-electron chi connectivity index (χ3n) is 4.11. The molecule has 5 nitrogen and oxygen atoms in total. The first-order chi connectivity index (χ1) is 12.3. The fourth-order valence-corrected chi connectivity index (χ4v) is 3.16. The zero-order chi connectivity index (χ0) is 17.2. The molecule has 0 bridgehead atoms. The van der Waals surface area contributed by atoms with E-state index in [1.807, 2.05) is 47.9 Å². The second-order valence-electron chi connectivity index (χ2n) is 5.70. The third-order valence-corrected chi connectivity index (χ3v) is 4.35. The van der Waals surface area contributed by atoms with Crippen LogP contribution in [0.1, 0.15) is 29.7 Å². The van der Waals surface area contributed by atoms with Crippen LogP contribution in [0.15, 0.2) is 53.5 Å². The summed E-state index contributed by atoms with van der Waals surface area (Å²) in [7, 11) is 0. The Hall–Kier alpha value is -2.50. The van der Waals surface area contributed by atoms with Crippen molar-refractivity contribution in [1.82, 2.24) is 14.8 Å². The highest BCUT2D eigenvalue weighted by Gasteiger charge is 2.23. The standard InChI is InChI=1S/C19H17ClN4O/c1-2-25-12-18-23-22-17-11-21-19(13-6-4-3-5-7-13)15-10-14(20)8-9-16(15)24(17)18/h3-10H,2,11-12H2,1H3. The van der Waals surface area contributed by atoms with Crippen LogP contribution in [-0.2, 0) is 17.9 Å². The summed E-state index contributed by atoms with van der Waals surface area (Å²) in [5.74, 6) is 1.56. The number of aliphatic imine (C=N–C) groups is 1. The van der Waals surface area contributed by atoms with E-state index in [4.69, 9.17) is 21.3 Å². The van der Waals surface area contributed by atoms with Crippen molar-refractivity contribution in [3.05, 3.63) is 76.3 Å². The molecular weight excluding hydrogens is 336 g/mol. The molecule has 2 heterocycles. The Morgan fingerprint density at radius 2 is 1.96 bits per heavy atom. The van der Waals surface area contributed by atoms with Crippen molar-refractivity contribution >= 4 is 17.3 Å². The topological polar surface area (TPSA) is 52.3 Å². The van der Waals surface area contributed by atoms with Crippen molar-refractivity contribution in [2.75, 3.05) is 6.61 Å². The highest BCUT2D eigenvalue weighted by molar-refractivity contribution is 6.31. The largest absolute Gasteiger partial charge is 0.374 e. The van der Waals surface area contributed by atoms with Crippen LogP contribution in [0.5, 0.6) is 0 Å². The zero-order valence-corrected chi connectivity index (χ0v) is 14.6. The number of hydrogen-bond donors (Lipinski definition) is 0. The fraction of sp³-hybridized carbons (Fsp3) is 0.211. The molecule has 2 aromatic carbocycles. The average molecular weight is 353 g/mol. The maximum Gasteiger partial charge on any atom is 0.163 e. The van der Waals surface area contributed by atoms with Crippen LogP contribution in [0.3, 0.4) is 0 Å². The summed E-state index contributed by atoms with van der Waals surface area (Å²) in [6.07, 6.45) is 0. The van der Waals surface area contributed by atoms with Gasteiger partial charge in [-0.1, -0.05) is 41.9 Å². The van der Waals surface area contributed by atoms with Gasteiger partial charge in [0.1, 0.15) is 13.2 Å². The van der Waals surface area contributed by atoms with Crippen LogP contribution >= 0.6 is 11.6 Å². The molecule has 0 fully saturated rings. The molecule has 1 aliphatic rings. The number of hydrogen-bond acceptors (Lipinski definition) is 4. The molecule has 0 saturated heterocycles. The molecule has 0 saturated carbocycles. The molecule has 25 heavy (non-hydrogen) atoms. The average Bonchev–Trinajstić information content (AvgIpc) is 2.96. The van der Waals surface area contributed by atoms with Crippen LogP contribution < -0.4 is 0 Å². The van der Waals surface area contributed by atoms with Gasteiger partial charge in [-0.05, 0) is 25.1 Å². The molecule has 0 N–H and O–H groups in total. The SMILES string of the molecule is CCOCc1nnc2n1-c1ccc(Cl)cc1C(c1ccccc1)=NC2. The van der Waals surface area contributed by atoms with Crippen LogP contribution in [0.2, 0.25) is 5.02 Å². The Bertz CT molecular complexity index is 934. The number of nitrogens with zero attached hydrogens (tertiary/aromatic N) is 4. The molecule has 6 heteroatoms. The molecule has 0 atom stereocenters. The lowest BCUT2D eigenvalue weighted by Crippen LogP contribution is -2.10. The van der Waals surface area contributed by atoms with E-state index in [1.165, 1.54) is 0 Å². The first-order valence-corrected chi connectivity index (χ1v) is 8.57. The lowest BCUT2D eigenvalue weighted by Gasteiger charge is -2.14. The molecular formula is C19H17ClN4O. The van der Waals surface area contributed by atoms with Gasteiger partial charge in [-0.25, -0.2) is 0 Å². The number of halogens is 1. The number of rotatable bonds is 4. The minimum Gasteiger partial charge on any atom is -0.374 e. The summed E-state index contributed by atoms with van der Waals surface area (Å²) in [4.78, 5) is 4.80. The van der Waals surface area contributed by atoms with Crippen molar-refractivity contribution in [3.63, 3.8) is 0 Å². The summed E-state index contributed by atoms with van der Waals surface area (Å²) in [6.45, 7) is 3.45. The molecule has 3 aromatic rings. The van der Waals surface area contributed by atoms with Gasteiger partial charge in [-0.3, -0.25) is 9.56 Å². The van der Waals surface area contributed by atoms with Gasteiger partial charge in [-0.15, -0.1) is 10.2 Å². The third kappa shape index (κ3) is 2.97. The Labute approximate surface area is 151 Å². The summed E-state index contributed by atoms with van der Waals surface area (Å²) in [5.41, 5.74) is 3.90. The second kappa shape index (κ2) is 6.78. The van der Waals surface area contributed by atoms with E-state index in [1.54, 1.807) is 0 Å². The number of ether oxygens (including phenoxy) is 1. The van der Waals surface area contributed by atoms with E-state index in [0.29, 0.717) is 24.8 Å². The fourth-order valence-electron chi connectivity index (χ4n) is 2.99. The van der Waals surface area contributed by atoms with E-state index >= 15 is 0 Å². The lowest BCUT2D eigenvalue weighted by molar-refractivity contribution is 0.127. The van der Waals surface area contributed by atoms with Gasteiger partial charge in [0.2, 0.25) is 0 Å². The highest BCUT2D eigenvalue weighted by atomic mass is 35.5. The minimum absolute atomic E-state index is 0.409. The van der Waals surface area contributed by atoms with Crippen LogP contribution in [0.25, 0.3) is 5.69 Å². The minimum atomic E-state index is 0.409. The van der Waals surface area contributed by atoms with Gasteiger partial charge in [0.25, 0.3) is 0 Å². The molecule has 0 aliphatic carbocycles. The molecule has 1 aromatic heterocycles. The van der Waals surface area contributed by atoms with Crippen molar-refractivity contribution < 1.29 is 4.74 Å². The lowest BCUT2D eigenvalue weighted by atomic mass is 10.0. The van der Waals surface area contributed by atoms with E-state index in [9.17, 15) is 0 Å². The summed E-state index contributed by atoms with van der Waals surface area (Å²) in [5, 5.41) is 9.27. The van der Waals surface area contributed by atoms with Crippen molar-refractivity contribution in [1.29, 1.82) is 0 Å². The maximum absolute atomic E-state index is 6.29. The van der Waals surface area contributed by atoms with Gasteiger partial charge < -0.3 is 4.74 Å². The second-order valence-corrected chi connectivity index (χ2v) is 6.13. The van der Waals surface area contributed by atoms with Crippen LogP contribution in [0.4, 0.5) is 0 Å². The van der Waals surface area contributed by atoms with Gasteiger partial charge in [0.05, 0.1) is 11.4 Å². The number of aromatic nitrogens is 3. The predicted molar refractivity (Wildman–Crippen MR) is 97.5 cm³/mol. The molecule has 0 spiro atoms. The maximum atomic E-state index is 6.29. The Morgan fingerprint density at radius 1 is 1.12 bits per heavy atom. The molecule has 0 unspecified atom stereocenters. The number of fused-ring (bicyclic) bond motifs is 3. The monoisotopic (exact) mass is 352 g/mol. The molecule has 4 rings (SSSR count). The van der Waals surface area contributed by atoms with Gasteiger partial charge in [0.15, 0.2) is 11.6 Å². The number of benzene rings is 2. The summed E-state index contributed by atoms with van der Waals surface area (Å²) < 4.78 is 7.58. The van der Waals surface area contributed by atoms with Crippen LogP contribution in [0, 0.1) is 0 Å². The van der Waals surface area contributed by atoms with E-state index < -0.39 is 0 Å². The molecule has 126 valence electrons. The van der Waals surface area contributed by atoms with Crippen molar-refractivity contribution in [2.24, 2.45) is 4.99 Å². The molecule has 0 amide bonds. The zero-order valence-electron chi connectivity index (χ0n) is 13.8. The first kappa shape index (κ1) is 16.0. The van der Waals surface area contributed by atoms with Crippen LogP contribution in [-0.4, -0.2) is 27.1 Å². The van der Waals surface area contributed by atoms with Crippen molar-refractivity contribution in [2.45, 2.75) is 20.1 Å². The predicted octanol–water partition coefficient (Wildman–Crippen LogP) is 3.81. The van der Waals surface area contributed by atoms with E-state index in [-0.39, 0.29) is 0 Å². The van der Waals surface area contributed by atoms with E-state index in [0.717, 1.165) is 34.2 Å².